The van der Waals surface area contributed by atoms with Crippen LogP contribution in [-0.2, 0) is 16.6 Å². The van der Waals surface area contributed by atoms with Crippen LogP contribution in [0.1, 0.15) is 35.5 Å². The molecule has 0 amide bonds. The summed E-state index contributed by atoms with van der Waals surface area (Å²) in [4.78, 5) is 15.5. The van der Waals surface area contributed by atoms with E-state index in [1.165, 1.54) is 12.7 Å². The fraction of sp³-hybridized carbons (Fsp3) is 0.294. The van der Waals surface area contributed by atoms with E-state index in [1.807, 2.05) is 12.1 Å². The summed E-state index contributed by atoms with van der Waals surface area (Å²) >= 11 is 0. The molecular weight excluding hydrogens is 250 g/mol. The van der Waals surface area contributed by atoms with Gasteiger partial charge in [0.15, 0.2) is 0 Å². The number of nitrogens with zero attached hydrogens (tertiary/aromatic N) is 1. The van der Waals surface area contributed by atoms with Gasteiger partial charge in [-0.3, -0.25) is 0 Å². The Kier molecular flexibility index (Phi) is 4.18. The summed E-state index contributed by atoms with van der Waals surface area (Å²) in [7, 11) is 1.36. The number of aromatic nitrogens is 1. The summed E-state index contributed by atoms with van der Waals surface area (Å²) in [5.74, 6) is -0.404. The van der Waals surface area contributed by atoms with Crippen LogP contribution in [0.15, 0.2) is 48.7 Å². The maximum atomic E-state index is 11.3. The summed E-state index contributed by atoms with van der Waals surface area (Å²) in [5.41, 5.74) is 2.76. The standard InChI is InChI=1S/C17H19NO2/c1-17(2,14-7-5-4-6-8-14)11-13-9-10-15(18-12-13)16(19)20-3/h4-10,12H,11H2,1-3H3. The minimum absolute atomic E-state index is 0.0235. The van der Waals surface area contributed by atoms with Gasteiger partial charge in [-0.25, -0.2) is 9.78 Å². The molecule has 0 spiro atoms. The maximum absolute atomic E-state index is 11.3. The minimum atomic E-state index is -0.404. The lowest BCUT2D eigenvalue weighted by atomic mass is 9.79. The molecule has 0 radical (unpaired) electrons. The molecule has 20 heavy (non-hydrogen) atoms. The molecule has 1 aromatic heterocycles. The van der Waals surface area contributed by atoms with Gasteiger partial charge in [-0.05, 0) is 29.0 Å². The highest BCUT2D eigenvalue weighted by molar-refractivity contribution is 5.86. The molecule has 0 aliphatic carbocycles. The predicted octanol–water partition coefficient (Wildman–Crippen LogP) is 3.39. The molecule has 2 aromatic rings. The van der Waals surface area contributed by atoms with E-state index in [0.29, 0.717) is 5.69 Å². The van der Waals surface area contributed by atoms with E-state index in [0.717, 1.165) is 12.0 Å². The van der Waals surface area contributed by atoms with E-state index in [1.54, 1.807) is 12.3 Å². The molecule has 3 heteroatoms. The molecule has 0 N–H and O–H groups in total. The Bertz CT molecular complexity index is 574. The van der Waals surface area contributed by atoms with Crippen molar-refractivity contribution in [2.75, 3.05) is 7.11 Å². The first-order valence-electron chi connectivity index (χ1n) is 6.62. The zero-order valence-electron chi connectivity index (χ0n) is 12.1. The number of benzene rings is 1. The molecule has 0 atom stereocenters. The van der Waals surface area contributed by atoms with Crippen LogP contribution in [0.25, 0.3) is 0 Å². The van der Waals surface area contributed by atoms with Gasteiger partial charge in [0, 0.05) is 6.20 Å². The number of carbonyl (C=O) groups excluding carboxylic acids is 1. The number of esters is 1. The minimum Gasteiger partial charge on any atom is -0.464 e. The number of rotatable bonds is 4. The summed E-state index contributed by atoms with van der Waals surface area (Å²) < 4.78 is 4.64. The van der Waals surface area contributed by atoms with Crippen LogP contribution < -0.4 is 0 Å². The van der Waals surface area contributed by atoms with E-state index in [-0.39, 0.29) is 5.41 Å². The number of pyridine rings is 1. The number of hydrogen-bond donors (Lipinski definition) is 0. The quantitative estimate of drug-likeness (QED) is 0.799. The van der Waals surface area contributed by atoms with Gasteiger partial charge in [-0.1, -0.05) is 50.2 Å². The fourth-order valence-corrected chi connectivity index (χ4v) is 2.26. The molecule has 0 bridgehead atoms. The monoisotopic (exact) mass is 269 g/mol. The van der Waals surface area contributed by atoms with Crippen LogP contribution in [0.5, 0.6) is 0 Å². The number of hydrogen-bond acceptors (Lipinski definition) is 3. The third-order valence-electron chi connectivity index (χ3n) is 3.42. The third-order valence-corrected chi connectivity index (χ3v) is 3.42. The van der Waals surface area contributed by atoms with E-state index < -0.39 is 5.97 Å². The number of ether oxygens (including phenoxy) is 1. The van der Waals surface area contributed by atoms with Crippen molar-refractivity contribution < 1.29 is 9.53 Å². The molecule has 2 rings (SSSR count). The molecule has 104 valence electrons. The van der Waals surface area contributed by atoms with Crippen molar-refractivity contribution in [1.82, 2.24) is 4.98 Å². The van der Waals surface area contributed by atoms with Gasteiger partial charge in [0.1, 0.15) is 5.69 Å². The van der Waals surface area contributed by atoms with Crippen molar-refractivity contribution in [3.63, 3.8) is 0 Å². The normalized spacial score (nSPS) is 11.2. The molecule has 1 heterocycles. The predicted molar refractivity (Wildman–Crippen MR) is 78.7 cm³/mol. The summed E-state index contributed by atoms with van der Waals surface area (Å²) in [6.45, 7) is 4.41. The molecule has 0 aliphatic heterocycles. The van der Waals surface area contributed by atoms with Gasteiger partial charge < -0.3 is 4.74 Å². The van der Waals surface area contributed by atoms with E-state index >= 15 is 0 Å². The first kappa shape index (κ1) is 14.3. The van der Waals surface area contributed by atoms with Crippen LogP contribution in [0.4, 0.5) is 0 Å². The lowest BCUT2D eigenvalue weighted by Gasteiger charge is -2.25. The Balaban J connectivity index is 2.15. The van der Waals surface area contributed by atoms with Crippen molar-refractivity contribution in [2.24, 2.45) is 0 Å². The highest BCUT2D eigenvalue weighted by Crippen LogP contribution is 2.27. The lowest BCUT2D eigenvalue weighted by Crippen LogP contribution is -2.20. The second-order valence-electron chi connectivity index (χ2n) is 5.47. The third kappa shape index (κ3) is 3.23. The van der Waals surface area contributed by atoms with E-state index in [4.69, 9.17) is 0 Å². The van der Waals surface area contributed by atoms with Crippen LogP contribution in [0, 0.1) is 0 Å². The first-order valence-corrected chi connectivity index (χ1v) is 6.62. The summed E-state index contributed by atoms with van der Waals surface area (Å²) in [6.07, 6.45) is 2.61. The van der Waals surface area contributed by atoms with Crippen LogP contribution in [-0.4, -0.2) is 18.1 Å². The first-order chi connectivity index (χ1) is 9.53. The van der Waals surface area contributed by atoms with Gasteiger partial charge in [0.2, 0.25) is 0 Å². The van der Waals surface area contributed by atoms with Gasteiger partial charge in [0.25, 0.3) is 0 Å². The van der Waals surface area contributed by atoms with E-state index in [9.17, 15) is 4.79 Å². The maximum Gasteiger partial charge on any atom is 0.356 e. The molecular formula is C17H19NO2. The Morgan fingerprint density at radius 1 is 1.15 bits per heavy atom. The molecule has 0 aliphatic rings. The lowest BCUT2D eigenvalue weighted by molar-refractivity contribution is 0.0594. The molecule has 0 unspecified atom stereocenters. The second-order valence-corrected chi connectivity index (χ2v) is 5.47. The van der Waals surface area contributed by atoms with Gasteiger partial charge in [-0.15, -0.1) is 0 Å². The van der Waals surface area contributed by atoms with Crippen molar-refractivity contribution >= 4 is 5.97 Å². The number of methoxy groups -OCH3 is 1. The molecule has 0 saturated carbocycles. The summed E-state index contributed by atoms with van der Waals surface area (Å²) in [6, 6.07) is 14.0. The second kappa shape index (κ2) is 5.87. The van der Waals surface area contributed by atoms with Crippen LogP contribution in [0.2, 0.25) is 0 Å². The topological polar surface area (TPSA) is 39.2 Å². The molecule has 0 saturated heterocycles. The Hall–Kier alpha value is -2.16. The van der Waals surface area contributed by atoms with Gasteiger partial charge in [0.05, 0.1) is 7.11 Å². The number of carbonyl (C=O) groups is 1. The zero-order valence-corrected chi connectivity index (χ0v) is 12.1. The van der Waals surface area contributed by atoms with Crippen LogP contribution >= 0.6 is 0 Å². The smallest absolute Gasteiger partial charge is 0.356 e. The Morgan fingerprint density at radius 3 is 2.40 bits per heavy atom. The van der Waals surface area contributed by atoms with E-state index in [2.05, 4.69) is 47.8 Å². The Labute approximate surface area is 119 Å². The zero-order chi connectivity index (χ0) is 14.6. The largest absolute Gasteiger partial charge is 0.464 e. The average molecular weight is 269 g/mol. The van der Waals surface area contributed by atoms with Crippen molar-refractivity contribution in [1.29, 1.82) is 0 Å². The van der Waals surface area contributed by atoms with Gasteiger partial charge in [-0.2, -0.15) is 0 Å². The van der Waals surface area contributed by atoms with Gasteiger partial charge >= 0.3 is 5.97 Å². The SMILES string of the molecule is COC(=O)c1ccc(CC(C)(C)c2ccccc2)cn1. The molecule has 3 nitrogen and oxygen atoms in total. The highest BCUT2D eigenvalue weighted by atomic mass is 16.5. The molecule has 0 fully saturated rings. The fourth-order valence-electron chi connectivity index (χ4n) is 2.26. The van der Waals surface area contributed by atoms with Crippen molar-refractivity contribution in [2.45, 2.75) is 25.7 Å². The summed E-state index contributed by atoms with van der Waals surface area (Å²) in [5, 5.41) is 0. The average Bonchev–Trinajstić information content (AvgIpc) is 2.48. The highest BCUT2D eigenvalue weighted by Gasteiger charge is 2.21. The Morgan fingerprint density at radius 2 is 1.85 bits per heavy atom. The van der Waals surface area contributed by atoms with Crippen molar-refractivity contribution in [3.05, 3.63) is 65.5 Å². The van der Waals surface area contributed by atoms with Crippen LogP contribution in [0.3, 0.4) is 0 Å². The molecule has 1 aromatic carbocycles. The van der Waals surface area contributed by atoms with Crippen molar-refractivity contribution in [3.8, 4) is 0 Å².